The van der Waals surface area contributed by atoms with Crippen molar-refractivity contribution in [3.05, 3.63) is 59.2 Å². The second kappa shape index (κ2) is 11.2. The van der Waals surface area contributed by atoms with Gasteiger partial charge in [-0.25, -0.2) is 8.42 Å². The number of aryl methyl sites for hydroxylation is 3. The van der Waals surface area contributed by atoms with E-state index in [1.54, 1.807) is 19.1 Å². The van der Waals surface area contributed by atoms with Crippen molar-refractivity contribution in [1.29, 1.82) is 0 Å². The predicted octanol–water partition coefficient (Wildman–Crippen LogP) is 4.00. The van der Waals surface area contributed by atoms with Gasteiger partial charge in [-0.1, -0.05) is 38.5 Å². The van der Waals surface area contributed by atoms with Crippen LogP contribution >= 0.6 is 0 Å². The molecule has 2 aromatic rings. The maximum atomic E-state index is 12.8. The van der Waals surface area contributed by atoms with Crippen molar-refractivity contribution in [2.24, 2.45) is 0 Å². The lowest BCUT2D eigenvalue weighted by molar-refractivity contribution is -0.122. The lowest BCUT2D eigenvalue weighted by Gasteiger charge is -2.30. The van der Waals surface area contributed by atoms with E-state index in [2.05, 4.69) is 12.2 Å². The summed E-state index contributed by atoms with van der Waals surface area (Å²) >= 11 is 0. The first-order chi connectivity index (χ1) is 14.7. The number of amides is 1. The van der Waals surface area contributed by atoms with E-state index in [0.29, 0.717) is 18.7 Å². The highest BCUT2D eigenvalue weighted by atomic mass is 32.2. The average Bonchev–Trinajstić information content (AvgIpc) is 2.72. The Kier molecular flexibility index (Phi) is 8.92. The summed E-state index contributed by atoms with van der Waals surface area (Å²) in [6.07, 6.45) is 3.61. The number of ether oxygens (including phenoxy) is 1. The van der Waals surface area contributed by atoms with Gasteiger partial charge in [0.1, 0.15) is 18.4 Å². The maximum absolute atomic E-state index is 12.8. The van der Waals surface area contributed by atoms with Crippen molar-refractivity contribution >= 4 is 21.6 Å². The summed E-state index contributed by atoms with van der Waals surface area (Å²) in [6, 6.07) is 12.5. The first kappa shape index (κ1) is 24.7. The van der Waals surface area contributed by atoms with Crippen LogP contribution in [0.5, 0.6) is 5.75 Å². The molecule has 0 spiro atoms. The van der Waals surface area contributed by atoms with E-state index < -0.39 is 16.1 Å². The van der Waals surface area contributed by atoms with Gasteiger partial charge in [0, 0.05) is 0 Å². The fraction of sp³-hybridized carbons (Fsp3) is 0.458. The minimum atomic E-state index is -3.65. The van der Waals surface area contributed by atoms with Crippen LogP contribution < -0.4 is 14.4 Å². The van der Waals surface area contributed by atoms with Crippen LogP contribution in [0.25, 0.3) is 0 Å². The molecule has 0 heterocycles. The maximum Gasteiger partial charge on any atom is 0.244 e. The fourth-order valence-electron chi connectivity index (χ4n) is 3.42. The van der Waals surface area contributed by atoms with E-state index in [1.165, 1.54) is 9.87 Å². The van der Waals surface area contributed by atoms with E-state index in [-0.39, 0.29) is 12.5 Å². The molecule has 2 aromatic carbocycles. The van der Waals surface area contributed by atoms with E-state index in [0.717, 1.165) is 36.0 Å². The zero-order valence-electron chi connectivity index (χ0n) is 19.1. The smallest absolute Gasteiger partial charge is 0.244 e. The molecule has 0 fully saturated rings. The molecule has 0 bridgehead atoms. The van der Waals surface area contributed by atoms with Crippen LogP contribution in [-0.4, -0.2) is 39.8 Å². The van der Waals surface area contributed by atoms with Crippen LogP contribution in [0, 0.1) is 13.8 Å². The summed E-state index contributed by atoms with van der Waals surface area (Å²) in [4.78, 5) is 12.8. The van der Waals surface area contributed by atoms with Gasteiger partial charge in [-0.2, -0.15) is 0 Å². The molecule has 0 aromatic heterocycles. The van der Waals surface area contributed by atoms with E-state index >= 15 is 0 Å². The molecule has 1 atom stereocenters. The Morgan fingerprint density at radius 1 is 1.06 bits per heavy atom. The van der Waals surface area contributed by atoms with Gasteiger partial charge in [-0.15, -0.1) is 0 Å². The van der Waals surface area contributed by atoms with Gasteiger partial charge >= 0.3 is 0 Å². The fourth-order valence-corrected chi connectivity index (χ4v) is 4.63. The molecule has 0 aliphatic rings. The van der Waals surface area contributed by atoms with Gasteiger partial charge in [0.25, 0.3) is 0 Å². The number of benzene rings is 2. The van der Waals surface area contributed by atoms with Crippen LogP contribution in [0.4, 0.5) is 5.69 Å². The Hall–Kier alpha value is -2.54. The highest BCUT2D eigenvalue weighted by Gasteiger charge is 2.31. The van der Waals surface area contributed by atoms with Gasteiger partial charge in [0.05, 0.1) is 18.5 Å². The number of hydrogen-bond donors (Lipinski definition) is 1. The molecule has 6 nitrogen and oxygen atoms in total. The number of hydrogen-bond acceptors (Lipinski definition) is 4. The Morgan fingerprint density at radius 3 is 2.29 bits per heavy atom. The third kappa shape index (κ3) is 6.99. The highest BCUT2D eigenvalue weighted by Crippen LogP contribution is 2.25. The summed E-state index contributed by atoms with van der Waals surface area (Å²) < 4.78 is 32.0. The quantitative estimate of drug-likeness (QED) is 0.530. The van der Waals surface area contributed by atoms with Crippen molar-refractivity contribution in [2.45, 2.75) is 53.0 Å². The van der Waals surface area contributed by atoms with Crippen LogP contribution in [0.15, 0.2) is 42.5 Å². The molecule has 1 N–H and O–H groups in total. The first-order valence-corrected chi connectivity index (χ1v) is 12.6. The minimum Gasteiger partial charge on any atom is -0.492 e. The third-order valence-corrected chi connectivity index (χ3v) is 6.39. The number of carbonyl (C=O) groups excluding carboxylic acids is 1. The van der Waals surface area contributed by atoms with Crippen LogP contribution in [0.2, 0.25) is 0 Å². The summed E-state index contributed by atoms with van der Waals surface area (Å²) in [7, 11) is -3.65. The van der Waals surface area contributed by atoms with Crippen molar-refractivity contribution in [3.8, 4) is 5.75 Å². The zero-order chi connectivity index (χ0) is 23.0. The number of rotatable bonds is 11. The summed E-state index contributed by atoms with van der Waals surface area (Å²) in [5.41, 5.74) is 3.80. The molecular weight excluding hydrogens is 412 g/mol. The molecule has 0 saturated heterocycles. The molecule has 0 saturated carbocycles. The first-order valence-electron chi connectivity index (χ1n) is 10.7. The number of nitrogens with one attached hydrogen (secondary N) is 1. The Labute approximate surface area is 186 Å². The summed E-state index contributed by atoms with van der Waals surface area (Å²) in [5.74, 6) is 0.405. The van der Waals surface area contributed by atoms with Gasteiger partial charge in [-0.05, 0) is 67.6 Å². The molecule has 0 radical (unpaired) electrons. The van der Waals surface area contributed by atoms with Crippen LogP contribution in [-0.2, 0) is 21.2 Å². The monoisotopic (exact) mass is 446 g/mol. The molecule has 0 aliphatic heterocycles. The highest BCUT2D eigenvalue weighted by molar-refractivity contribution is 7.92. The SMILES string of the molecule is CCCc1ccc(OCCNC(=O)C(CC)N(c2ccc(C)c(C)c2)S(C)(=O)=O)cc1. The molecule has 1 unspecified atom stereocenters. The second-order valence-electron chi connectivity index (χ2n) is 7.78. The van der Waals surface area contributed by atoms with Gasteiger partial charge in [0.15, 0.2) is 0 Å². The Morgan fingerprint density at radius 2 is 1.74 bits per heavy atom. The molecule has 31 heavy (non-hydrogen) atoms. The molecule has 0 aliphatic carbocycles. The average molecular weight is 447 g/mol. The normalized spacial score (nSPS) is 12.3. The van der Waals surface area contributed by atoms with Crippen molar-refractivity contribution in [3.63, 3.8) is 0 Å². The van der Waals surface area contributed by atoms with Gasteiger partial charge in [-0.3, -0.25) is 9.10 Å². The van der Waals surface area contributed by atoms with E-state index in [9.17, 15) is 13.2 Å². The number of nitrogens with zero attached hydrogens (tertiary/aromatic N) is 1. The third-order valence-electron chi connectivity index (χ3n) is 5.21. The predicted molar refractivity (Wildman–Crippen MR) is 126 cm³/mol. The van der Waals surface area contributed by atoms with Crippen molar-refractivity contribution in [2.75, 3.05) is 23.7 Å². The number of anilines is 1. The zero-order valence-corrected chi connectivity index (χ0v) is 20.0. The van der Waals surface area contributed by atoms with E-state index in [1.807, 2.05) is 44.2 Å². The topological polar surface area (TPSA) is 75.7 Å². The Bertz CT molecular complexity index is 972. The van der Waals surface area contributed by atoms with Crippen LogP contribution in [0.1, 0.15) is 43.4 Å². The van der Waals surface area contributed by atoms with Gasteiger partial charge < -0.3 is 10.1 Å². The lowest BCUT2D eigenvalue weighted by atomic mass is 10.1. The minimum absolute atomic E-state index is 0.288. The number of sulfonamides is 1. The Balaban J connectivity index is 2.02. The van der Waals surface area contributed by atoms with Crippen LogP contribution in [0.3, 0.4) is 0 Å². The molecule has 7 heteroatoms. The second-order valence-corrected chi connectivity index (χ2v) is 9.64. The van der Waals surface area contributed by atoms with Gasteiger partial charge in [0.2, 0.25) is 15.9 Å². The van der Waals surface area contributed by atoms with Crippen molar-refractivity contribution in [1.82, 2.24) is 5.32 Å². The van der Waals surface area contributed by atoms with E-state index in [4.69, 9.17) is 4.74 Å². The summed E-state index contributed by atoms with van der Waals surface area (Å²) in [6.45, 7) is 8.42. The molecular formula is C24H34N2O4S. The molecule has 1 amide bonds. The number of carbonyl (C=O) groups is 1. The van der Waals surface area contributed by atoms with Crippen molar-refractivity contribution < 1.29 is 17.9 Å². The molecule has 170 valence electrons. The lowest BCUT2D eigenvalue weighted by Crippen LogP contribution is -2.50. The standard InChI is InChI=1S/C24H34N2O4S/c1-6-8-20-10-13-22(14-11-20)30-16-15-25-24(27)23(7-2)26(31(5,28)29)21-12-9-18(3)19(4)17-21/h9-14,17,23H,6-8,15-16H2,1-5H3,(H,25,27). The largest absolute Gasteiger partial charge is 0.492 e. The molecule has 2 rings (SSSR count). The summed E-state index contributed by atoms with van der Waals surface area (Å²) in [5, 5.41) is 2.81.